The molecule has 1 aromatic carbocycles. The predicted molar refractivity (Wildman–Crippen MR) is 119 cm³/mol. The Hall–Kier alpha value is -2.25. The fraction of sp³-hybridized carbons (Fsp3) is 0.478. The summed E-state index contributed by atoms with van der Waals surface area (Å²) in [4.78, 5) is 29.7. The number of hydrogen-bond acceptors (Lipinski definition) is 4. The molecule has 5 nitrogen and oxygen atoms in total. The van der Waals surface area contributed by atoms with Crippen LogP contribution in [0.25, 0.3) is 10.4 Å². The van der Waals surface area contributed by atoms with E-state index in [4.69, 9.17) is 0 Å². The van der Waals surface area contributed by atoms with Crippen LogP contribution >= 0.6 is 11.3 Å². The third-order valence-electron chi connectivity index (χ3n) is 5.35. The first-order valence-corrected chi connectivity index (χ1v) is 11.4. The number of benzene rings is 1. The Morgan fingerprint density at radius 3 is 2.53 bits per heavy atom. The van der Waals surface area contributed by atoms with Crippen molar-refractivity contribution in [2.45, 2.75) is 39.2 Å². The van der Waals surface area contributed by atoms with Gasteiger partial charge in [0, 0.05) is 67.9 Å². The van der Waals surface area contributed by atoms with Gasteiger partial charge in [0.05, 0.1) is 0 Å². The molecule has 0 radical (unpaired) electrons. The molecule has 0 atom stereocenters. The molecule has 3 rings (SSSR count). The van der Waals surface area contributed by atoms with Crippen LogP contribution in [0.15, 0.2) is 36.4 Å². The smallest absolute Gasteiger partial charge is 0.222 e. The largest absolute Gasteiger partial charge is 0.356 e. The van der Waals surface area contributed by atoms with Crippen molar-refractivity contribution in [3.05, 3.63) is 47.1 Å². The third kappa shape index (κ3) is 6.64. The topological polar surface area (TPSA) is 52.7 Å². The van der Waals surface area contributed by atoms with Gasteiger partial charge in [-0.05, 0) is 31.0 Å². The van der Waals surface area contributed by atoms with Crippen LogP contribution < -0.4 is 5.32 Å². The summed E-state index contributed by atoms with van der Waals surface area (Å²) in [6, 6.07) is 10.9. The van der Waals surface area contributed by atoms with Crippen molar-refractivity contribution in [2.75, 3.05) is 32.7 Å². The van der Waals surface area contributed by atoms with Crippen molar-refractivity contribution in [3.8, 4) is 10.4 Å². The number of hydrogen-bond donors (Lipinski definition) is 1. The van der Waals surface area contributed by atoms with Gasteiger partial charge >= 0.3 is 0 Å². The van der Waals surface area contributed by atoms with Crippen LogP contribution in [-0.2, 0) is 16.1 Å². The SMILES string of the molecule is CC(=O)NCCCCCC(=O)N1CCN(Cc2ccc(-c3ccccc3F)s2)CC1. The van der Waals surface area contributed by atoms with Gasteiger partial charge in [0.25, 0.3) is 0 Å². The molecule has 1 aliphatic heterocycles. The van der Waals surface area contributed by atoms with Gasteiger partial charge in [0.2, 0.25) is 11.8 Å². The Morgan fingerprint density at radius 1 is 1.03 bits per heavy atom. The van der Waals surface area contributed by atoms with Gasteiger partial charge in [-0.15, -0.1) is 11.3 Å². The van der Waals surface area contributed by atoms with E-state index < -0.39 is 0 Å². The Morgan fingerprint density at radius 2 is 1.80 bits per heavy atom. The quantitative estimate of drug-likeness (QED) is 0.613. The van der Waals surface area contributed by atoms with Crippen LogP contribution in [-0.4, -0.2) is 54.3 Å². The van der Waals surface area contributed by atoms with Crippen molar-refractivity contribution in [1.29, 1.82) is 0 Å². The number of nitrogens with zero attached hydrogens (tertiary/aromatic N) is 2. The number of carbonyl (C=O) groups excluding carboxylic acids is 2. The molecule has 0 bridgehead atoms. The highest BCUT2D eigenvalue weighted by Gasteiger charge is 2.21. The van der Waals surface area contributed by atoms with E-state index in [1.807, 2.05) is 23.1 Å². The van der Waals surface area contributed by atoms with E-state index in [0.717, 1.165) is 56.9 Å². The predicted octanol–water partition coefficient (Wildman–Crippen LogP) is 3.89. The van der Waals surface area contributed by atoms with Crippen molar-refractivity contribution < 1.29 is 14.0 Å². The van der Waals surface area contributed by atoms with Gasteiger partial charge in [-0.25, -0.2) is 4.39 Å². The van der Waals surface area contributed by atoms with E-state index >= 15 is 0 Å². The molecule has 1 fully saturated rings. The first-order valence-electron chi connectivity index (χ1n) is 10.6. The van der Waals surface area contributed by atoms with Crippen LogP contribution in [0.2, 0.25) is 0 Å². The molecule has 7 heteroatoms. The van der Waals surface area contributed by atoms with Crippen LogP contribution in [0.1, 0.15) is 37.5 Å². The zero-order valence-corrected chi connectivity index (χ0v) is 18.3. The number of thiophene rings is 1. The molecule has 0 spiro atoms. The minimum absolute atomic E-state index is 0.00468. The first kappa shape index (κ1) is 22.4. The Labute approximate surface area is 181 Å². The number of halogens is 1. The maximum absolute atomic E-state index is 14.0. The third-order valence-corrected chi connectivity index (χ3v) is 6.45. The van der Waals surface area contributed by atoms with E-state index in [9.17, 15) is 14.0 Å². The summed E-state index contributed by atoms with van der Waals surface area (Å²) in [6.07, 6.45) is 3.31. The summed E-state index contributed by atoms with van der Waals surface area (Å²) >= 11 is 1.63. The van der Waals surface area contributed by atoms with Gasteiger partial charge in [-0.1, -0.05) is 24.6 Å². The molecule has 2 amide bonds. The van der Waals surface area contributed by atoms with E-state index in [2.05, 4.69) is 16.3 Å². The Balaban J connectivity index is 1.37. The minimum atomic E-state index is -0.187. The number of carbonyl (C=O) groups is 2. The van der Waals surface area contributed by atoms with Crippen molar-refractivity contribution in [3.63, 3.8) is 0 Å². The first-order chi connectivity index (χ1) is 14.5. The maximum Gasteiger partial charge on any atom is 0.222 e. The van der Waals surface area contributed by atoms with Crippen LogP contribution in [0.3, 0.4) is 0 Å². The average Bonchev–Trinajstić information content (AvgIpc) is 3.19. The molecule has 1 aliphatic rings. The van der Waals surface area contributed by atoms with E-state index in [1.54, 1.807) is 17.4 Å². The van der Waals surface area contributed by atoms with E-state index in [0.29, 0.717) is 18.5 Å². The van der Waals surface area contributed by atoms with Crippen molar-refractivity contribution in [1.82, 2.24) is 15.1 Å². The summed E-state index contributed by atoms with van der Waals surface area (Å²) in [7, 11) is 0. The van der Waals surface area contributed by atoms with Crippen molar-refractivity contribution in [2.24, 2.45) is 0 Å². The lowest BCUT2D eigenvalue weighted by Gasteiger charge is -2.34. The summed E-state index contributed by atoms with van der Waals surface area (Å²) in [5.41, 5.74) is 0.654. The number of unbranched alkanes of at least 4 members (excludes halogenated alkanes) is 2. The number of rotatable bonds is 9. The summed E-state index contributed by atoms with van der Waals surface area (Å²) in [5.74, 6) is 0.0373. The van der Waals surface area contributed by atoms with E-state index in [1.165, 1.54) is 17.9 Å². The van der Waals surface area contributed by atoms with Gasteiger partial charge < -0.3 is 10.2 Å². The molecular weight excluding hydrogens is 401 g/mol. The van der Waals surface area contributed by atoms with Crippen LogP contribution in [0, 0.1) is 5.82 Å². The molecule has 2 heterocycles. The monoisotopic (exact) mass is 431 g/mol. The molecule has 1 aromatic heterocycles. The van der Waals surface area contributed by atoms with Crippen molar-refractivity contribution >= 4 is 23.2 Å². The van der Waals surface area contributed by atoms with E-state index in [-0.39, 0.29) is 17.6 Å². The van der Waals surface area contributed by atoms with Gasteiger partial charge in [0.15, 0.2) is 0 Å². The maximum atomic E-state index is 14.0. The van der Waals surface area contributed by atoms with Gasteiger partial charge in [-0.2, -0.15) is 0 Å². The molecule has 0 aliphatic carbocycles. The van der Waals surface area contributed by atoms with Crippen LogP contribution in [0.5, 0.6) is 0 Å². The number of amides is 2. The highest BCUT2D eigenvalue weighted by Crippen LogP contribution is 2.30. The molecule has 30 heavy (non-hydrogen) atoms. The number of piperazine rings is 1. The summed E-state index contributed by atoms with van der Waals surface area (Å²) in [5, 5.41) is 2.78. The van der Waals surface area contributed by atoms with Crippen LogP contribution in [0.4, 0.5) is 4.39 Å². The Bertz CT molecular complexity index is 846. The lowest BCUT2D eigenvalue weighted by molar-refractivity contribution is -0.133. The number of nitrogens with one attached hydrogen (secondary N) is 1. The van der Waals surface area contributed by atoms with Gasteiger partial charge in [-0.3, -0.25) is 14.5 Å². The normalized spacial score (nSPS) is 14.7. The lowest BCUT2D eigenvalue weighted by Crippen LogP contribution is -2.48. The molecule has 162 valence electrons. The second-order valence-electron chi connectivity index (χ2n) is 7.70. The summed E-state index contributed by atoms with van der Waals surface area (Å²) < 4.78 is 14.0. The second kappa shape index (κ2) is 11.2. The highest BCUT2D eigenvalue weighted by atomic mass is 32.1. The average molecular weight is 432 g/mol. The fourth-order valence-electron chi connectivity index (χ4n) is 3.64. The Kier molecular flexibility index (Phi) is 8.39. The standard InChI is InChI=1S/C23H30FN3O2S/c1-18(28)25-12-6-2-3-9-23(29)27-15-13-26(14-16-27)17-19-10-11-22(30-19)20-7-4-5-8-21(20)24/h4-5,7-8,10-11H,2-3,6,9,12-17H2,1H3,(H,25,28). The molecular formula is C23H30FN3O2S. The van der Waals surface area contributed by atoms with Gasteiger partial charge in [0.1, 0.15) is 5.82 Å². The molecule has 2 aromatic rings. The zero-order valence-electron chi connectivity index (χ0n) is 17.5. The molecule has 1 N–H and O–H groups in total. The molecule has 0 unspecified atom stereocenters. The lowest BCUT2D eigenvalue weighted by atomic mass is 10.1. The second-order valence-corrected chi connectivity index (χ2v) is 8.86. The highest BCUT2D eigenvalue weighted by molar-refractivity contribution is 7.15. The minimum Gasteiger partial charge on any atom is -0.356 e. The summed E-state index contributed by atoms with van der Waals surface area (Å²) in [6.45, 7) is 6.28. The molecule has 0 saturated carbocycles. The fourth-order valence-corrected chi connectivity index (χ4v) is 4.72. The molecule has 1 saturated heterocycles. The zero-order chi connectivity index (χ0) is 21.3.